The quantitative estimate of drug-likeness (QED) is 0.645. The third kappa shape index (κ3) is 7.31. The second-order valence-corrected chi connectivity index (χ2v) is 6.22. The van der Waals surface area contributed by atoms with Gasteiger partial charge in [0.2, 0.25) is 0 Å². The molecule has 3 nitrogen and oxygen atoms in total. The van der Waals surface area contributed by atoms with Gasteiger partial charge in [0.05, 0.1) is 0 Å². The Balaban J connectivity index is 0.000000174. The molecule has 3 aromatic rings. The van der Waals surface area contributed by atoms with Crippen molar-refractivity contribution in [3.05, 3.63) is 91.0 Å². The minimum Gasteiger partial charge on any atom is -0.427 e. The molecule has 118 valence electrons. The molecule has 0 aliphatic carbocycles. The molecule has 0 atom stereocenters. The van der Waals surface area contributed by atoms with E-state index < -0.39 is 8.60 Å². The summed E-state index contributed by atoms with van der Waals surface area (Å²) in [4.78, 5) is 19.4. The first-order valence-corrected chi connectivity index (χ1v) is 8.91. The topological polar surface area (TPSA) is 49.7 Å². The molecule has 3 aromatic carbocycles. The monoisotopic (exact) mass is 344 g/mol. The molecule has 0 amide bonds. The van der Waals surface area contributed by atoms with Gasteiger partial charge in [-0.25, -0.2) is 0 Å². The van der Waals surface area contributed by atoms with Gasteiger partial charge in [0.1, 0.15) is 5.75 Å². The maximum atomic E-state index is 8.40. The molecule has 0 heterocycles. The van der Waals surface area contributed by atoms with Gasteiger partial charge >= 0.3 is 8.60 Å². The Morgan fingerprint density at radius 3 is 1.39 bits per heavy atom. The van der Waals surface area contributed by atoms with Crippen LogP contribution in [0.2, 0.25) is 0 Å². The van der Waals surface area contributed by atoms with Gasteiger partial charge in [-0.1, -0.05) is 66.4 Å². The Morgan fingerprint density at radius 2 is 1.00 bits per heavy atom. The Morgan fingerprint density at radius 1 is 0.609 bits per heavy atom. The number of rotatable bonds is 4. The van der Waals surface area contributed by atoms with Gasteiger partial charge in [-0.2, -0.15) is 0 Å². The molecule has 0 bridgehead atoms. The van der Waals surface area contributed by atoms with Crippen LogP contribution in [0.5, 0.6) is 5.75 Å². The molecular formula is C18H17O3PS. The SMILES string of the molecule is OP(O)Oc1ccccc1.c1ccc(Sc2ccccc2)cc1. The summed E-state index contributed by atoms with van der Waals surface area (Å²) in [5.74, 6) is 0.471. The fourth-order valence-electron chi connectivity index (χ4n) is 1.69. The summed E-state index contributed by atoms with van der Waals surface area (Å²) < 4.78 is 4.59. The largest absolute Gasteiger partial charge is 0.427 e. The second-order valence-electron chi connectivity index (χ2n) is 4.39. The zero-order valence-electron chi connectivity index (χ0n) is 12.3. The maximum Gasteiger partial charge on any atom is 0.391 e. The molecule has 0 spiro atoms. The average molecular weight is 344 g/mol. The maximum absolute atomic E-state index is 8.40. The van der Waals surface area contributed by atoms with Gasteiger partial charge < -0.3 is 14.3 Å². The highest BCUT2D eigenvalue weighted by Gasteiger charge is 1.99. The van der Waals surface area contributed by atoms with Crippen LogP contribution in [0.1, 0.15) is 0 Å². The summed E-state index contributed by atoms with van der Waals surface area (Å²) in [5.41, 5.74) is 0. The molecule has 3 rings (SSSR count). The van der Waals surface area contributed by atoms with Crippen LogP contribution < -0.4 is 4.52 Å². The highest BCUT2D eigenvalue weighted by molar-refractivity contribution is 7.99. The van der Waals surface area contributed by atoms with E-state index in [0.29, 0.717) is 5.75 Å². The Hall–Kier alpha value is -1.84. The molecule has 5 heteroatoms. The fourth-order valence-corrected chi connectivity index (χ4v) is 2.86. The van der Waals surface area contributed by atoms with Crippen molar-refractivity contribution in [2.45, 2.75) is 9.79 Å². The van der Waals surface area contributed by atoms with Crippen LogP contribution in [0, 0.1) is 0 Å². The van der Waals surface area contributed by atoms with Crippen molar-refractivity contribution >= 4 is 20.4 Å². The van der Waals surface area contributed by atoms with Gasteiger partial charge in [-0.15, -0.1) is 0 Å². The van der Waals surface area contributed by atoms with Crippen molar-refractivity contribution in [3.63, 3.8) is 0 Å². The van der Waals surface area contributed by atoms with E-state index in [4.69, 9.17) is 9.79 Å². The first-order chi connectivity index (χ1) is 11.2. The van der Waals surface area contributed by atoms with Crippen molar-refractivity contribution in [3.8, 4) is 5.75 Å². The van der Waals surface area contributed by atoms with E-state index in [9.17, 15) is 0 Å². The molecule has 0 unspecified atom stereocenters. The molecular weight excluding hydrogens is 327 g/mol. The molecule has 0 aliphatic heterocycles. The molecule has 2 N–H and O–H groups in total. The molecule has 0 aromatic heterocycles. The summed E-state index contributed by atoms with van der Waals surface area (Å²) >= 11 is 1.79. The van der Waals surface area contributed by atoms with Gasteiger partial charge in [0, 0.05) is 9.79 Å². The summed E-state index contributed by atoms with van der Waals surface area (Å²) in [6.45, 7) is 0. The summed E-state index contributed by atoms with van der Waals surface area (Å²) in [5, 5.41) is 0. The third-order valence-corrected chi connectivity index (χ3v) is 4.04. The molecule has 0 saturated carbocycles. The number of hydrogen-bond donors (Lipinski definition) is 2. The number of benzene rings is 3. The molecule has 0 fully saturated rings. The minimum absolute atomic E-state index is 0.471. The van der Waals surface area contributed by atoms with Crippen LogP contribution in [0.4, 0.5) is 0 Å². The van der Waals surface area contributed by atoms with E-state index in [1.165, 1.54) is 9.79 Å². The Labute approximate surface area is 141 Å². The minimum atomic E-state index is -2.28. The first-order valence-electron chi connectivity index (χ1n) is 6.93. The second kappa shape index (κ2) is 10.0. The molecule has 23 heavy (non-hydrogen) atoms. The van der Waals surface area contributed by atoms with E-state index in [1.54, 1.807) is 36.0 Å². The predicted octanol–water partition coefficient (Wildman–Crippen LogP) is 5.11. The molecule has 0 aliphatic rings. The zero-order chi connectivity index (χ0) is 16.3. The van der Waals surface area contributed by atoms with E-state index in [2.05, 4.69) is 53.1 Å². The highest BCUT2D eigenvalue weighted by atomic mass is 32.2. The van der Waals surface area contributed by atoms with Crippen LogP contribution >= 0.6 is 20.4 Å². The van der Waals surface area contributed by atoms with Crippen LogP contribution in [-0.2, 0) is 0 Å². The smallest absolute Gasteiger partial charge is 0.391 e. The Bertz CT molecular complexity index is 626. The van der Waals surface area contributed by atoms with Crippen LogP contribution in [-0.4, -0.2) is 9.79 Å². The van der Waals surface area contributed by atoms with Crippen molar-refractivity contribution in [2.75, 3.05) is 0 Å². The first kappa shape index (κ1) is 17.5. The van der Waals surface area contributed by atoms with Crippen molar-refractivity contribution in [1.82, 2.24) is 0 Å². The zero-order valence-corrected chi connectivity index (χ0v) is 14.0. The van der Waals surface area contributed by atoms with Gasteiger partial charge in [0.25, 0.3) is 0 Å². The number of para-hydroxylation sites is 1. The average Bonchev–Trinajstić information content (AvgIpc) is 2.58. The van der Waals surface area contributed by atoms with Crippen LogP contribution in [0.15, 0.2) is 101 Å². The Kier molecular flexibility index (Phi) is 7.64. The summed E-state index contributed by atoms with van der Waals surface area (Å²) in [7, 11) is -2.28. The van der Waals surface area contributed by atoms with E-state index in [1.807, 2.05) is 18.2 Å². The van der Waals surface area contributed by atoms with Crippen LogP contribution in [0.3, 0.4) is 0 Å². The van der Waals surface area contributed by atoms with E-state index in [0.717, 1.165) is 0 Å². The molecule has 0 radical (unpaired) electrons. The lowest BCUT2D eigenvalue weighted by Gasteiger charge is -2.02. The number of hydrogen-bond acceptors (Lipinski definition) is 4. The van der Waals surface area contributed by atoms with Crippen LogP contribution in [0.25, 0.3) is 0 Å². The summed E-state index contributed by atoms with van der Waals surface area (Å²) in [6, 6.07) is 29.5. The summed E-state index contributed by atoms with van der Waals surface area (Å²) in [6.07, 6.45) is 0. The van der Waals surface area contributed by atoms with Crippen molar-refractivity contribution < 1.29 is 14.3 Å². The lowest BCUT2D eigenvalue weighted by atomic mass is 10.3. The van der Waals surface area contributed by atoms with E-state index >= 15 is 0 Å². The lowest BCUT2D eigenvalue weighted by Crippen LogP contribution is -1.82. The highest BCUT2D eigenvalue weighted by Crippen LogP contribution is 2.28. The predicted molar refractivity (Wildman–Crippen MR) is 95.4 cm³/mol. The van der Waals surface area contributed by atoms with Crippen molar-refractivity contribution in [2.24, 2.45) is 0 Å². The fraction of sp³-hybridized carbons (Fsp3) is 0. The van der Waals surface area contributed by atoms with Gasteiger partial charge in [-0.05, 0) is 36.4 Å². The molecule has 0 saturated heterocycles. The third-order valence-electron chi connectivity index (χ3n) is 2.65. The lowest BCUT2D eigenvalue weighted by molar-refractivity contribution is 0.375. The standard InChI is InChI=1S/C12H10S.C6H7O3P/c1-3-7-11(8-4-1)13-12-9-5-2-6-10-12;7-10(8)9-6-4-2-1-3-5-6/h1-10H;1-5,7-8H. The normalized spacial score (nSPS) is 9.87. The van der Waals surface area contributed by atoms with Gasteiger partial charge in [0.15, 0.2) is 0 Å². The van der Waals surface area contributed by atoms with Crippen molar-refractivity contribution in [1.29, 1.82) is 0 Å². The van der Waals surface area contributed by atoms with E-state index in [-0.39, 0.29) is 0 Å². The van der Waals surface area contributed by atoms with Gasteiger partial charge in [-0.3, -0.25) is 0 Å².